The molecule has 0 aromatic heterocycles. The second kappa shape index (κ2) is 8.08. The fourth-order valence-electron chi connectivity index (χ4n) is 2.68. The number of aryl methyl sites for hydroxylation is 1. The first-order chi connectivity index (χ1) is 11.0. The molecule has 0 spiro atoms. The van der Waals surface area contributed by atoms with Crippen molar-refractivity contribution < 1.29 is 19.1 Å². The van der Waals surface area contributed by atoms with E-state index >= 15 is 0 Å². The number of carbonyl (C=O) groups excluding carboxylic acids is 2. The molecule has 2 amide bonds. The lowest BCUT2D eigenvalue weighted by atomic mass is 10.1. The predicted molar refractivity (Wildman–Crippen MR) is 87.6 cm³/mol. The first-order valence-corrected chi connectivity index (χ1v) is 7.79. The average molecular weight is 320 g/mol. The largest absolute Gasteiger partial charge is 0.385 e. The highest BCUT2D eigenvalue weighted by molar-refractivity contribution is 5.97. The molecular weight excluding hydrogens is 296 g/mol. The number of morpholine rings is 1. The van der Waals surface area contributed by atoms with Gasteiger partial charge in [0.2, 0.25) is 5.91 Å². The van der Waals surface area contributed by atoms with Crippen LogP contribution in [0.3, 0.4) is 0 Å². The number of amides is 2. The van der Waals surface area contributed by atoms with Crippen molar-refractivity contribution in [2.45, 2.75) is 26.4 Å². The summed E-state index contributed by atoms with van der Waals surface area (Å²) in [5.41, 5.74) is 2.21. The van der Waals surface area contributed by atoms with Gasteiger partial charge >= 0.3 is 0 Å². The molecule has 6 heteroatoms. The molecule has 2 rings (SSSR count). The molecule has 1 aromatic carbocycles. The highest BCUT2D eigenvalue weighted by atomic mass is 16.5. The molecule has 1 aliphatic heterocycles. The lowest BCUT2D eigenvalue weighted by Gasteiger charge is -2.33. The summed E-state index contributed by atoms with van der Waals surface area (Å²) in [7, 11) is 1.66. The zero-order valence-electron chi connectivity index (χ0n) is 13.9. The molecular formula is C17H24N2O4. The molecule has 0 unspecified atom stereocenters. The molecule has 1 fully saturated rings. The quantitative estimate of drug-likeness (QED) is 0.899. The number of anilines is 1. The minimum atomic E-state index is -0.127. The number of methoxy groups -OCH3 is 1. The molecule has 1 aromatic rings. The van der Waals surface area contributed by atoms with Crippen LogP contribution < -0.4 is 5.32 Å². The van der Waals surface area contributed by atoms with Gasteiger partial charge in [0, 0.05) is 45.0 Å². The number of carbonyl (C=O) groups is 2. The molecule has 23 heavy (non-hydrogen) atoms. The van der Waals surface area contributed by atoms with Gasteiger partial charge in [-0.05, 0) is 37.1 Å². The monoisotopic (exact) mass is 320 g/mol. The molecule has 0 radical (unpaired) electrons. The normalized spacial score (nSPS) is 17.9. The van der Waals surface area contributed by atoms with Crippen LogP contribution in [0.15, 0.2) is 18.2 Å². The summed E-state index contributed by atoms with van der Waals surface area (Å²) in [4.78, 5) is 25.7. The summed E-state index contributed by atoms with van der Waals surface area (Å²) in [6.45, 7) is 5.67. The molecule has 126 valence electrons. The van der Waals surface area contributed by atoms with Gasteiger partial charge in [0.25, 0.3) is 5.91 Å². The van der Waals surface area contributed by atoms with Gasteiger partial charge in [0.15, 0.2) is 0 Å². The molecule has 0 aliphatic carbocycles. The minimum absolute atomic E-state index is 0.00240. The molecule has 1 heterocycles. The van der Waals surface area contributed by atoms with E-state index in [4.69, 9.17) is 9.47 Å². The van der Waals surface area contributed by atoms with E-state index in [0.29, 0.717) is 37.6 Å². The standard InChI is InChI=1S/C17H24N2O4/c1-12-10-14(18-13(2)20)4-5-16(12)17(21)19-7-9-23-15(11-19)6-8-22-3/h4-5,10,15H,6-9,11H2,1-3H3,(H,18,20)/t15-/m0/s1. The van der Waals surface area contributed by atoms with Crippen molar-refractivity contribution in [2.75, 3.05) is 38.7 Å². The minimum Gasteiger partial charge on any atom is -0.385 e. The Kier molecular flexibility index (Phi) is 6.12. The van der Waals surface area contributed by atoms with Crippen molar-refractivity contribution in [1.82, 2.24) is 4.90 Å². The van der Waals surface area contributed by atoms with E-state index in [1.54, 1.807) is 19.2 Å². The first kappa shape index (κ1) is 17.4. The lowest BCUT2D eigenvalue weighted by Crippen LogP contribution is -2.46. The predicted octanol–water partition coefficient (Wildman–Crippen LogP) is 1.83. The molecule has 1 atom stereocenters. The third-order valence-electron chi connectivity index (χ3n) is 3.85. The van der Waals surface area contributed by atoms with Crippen LogP contribution in [0, 0.1) is 6.92 Å². The number of rotatable bonds is 5. The van der Waals surface area contributed by atoms with Crippen LogP contribution in [0.4, 0.5) is 5.69 Å². The maximum Gasteiger partial charge on any atom is 0.254 e. The van der Waals surface area contributed by atoms with Crippen molar-refractivity contribution in [3.8, 4) is 0 Å². The fraction of sp³-hybridized carbons (Fsp3) is 0.529. The summed E-state index contributed by atoms with van der Waals surface area (Å²) < 4.78 is 10.7. The Morgan fingerprint density at radius 1 is 1.43 bits per heavy atom. The van der Waals surface area contributed by atoms with Gasteiger partial charge in [-0.2, -0.15) is 0 Å². The van der Waals surface area contributed by atoms with Gasteiger partial charge in [0.05, 0.1) is 12.7 Å². The topological polar surface area (TPSA) is 67.9 Å². The summed E-state index contributed by atoms with van der Waals surface area (Å²) >= 11 is 0. The van der Waals surface area contributed by atoms with Crippen LogP contribution in [-0.2, 0) is 14.3 Å². The number of hydrogen-bond donors (Lipinski definition) is 1. The molecule has 1 aliphatic rings. The second-order valence-corrected chi connectivity index (χ2v) is 5.74. The van der Waals surface area contributed by atoms with E-state index in [-0.39, 0.29) is 17.9 Å². The maximum absolute atomic E-state index is 12.7. The number of hydrogen-bond acceptors (Lipinski definition) is 4. The van der Waals surface area contributed by atoms with Crippen molar-refractivity contribution in [3.05, 3.63) is 29.3 Å². The second-order valence-electron chi connectivity index (χ2n) is 5.74. The average Bonchev–Trinajstić information content (AvgIpc) is 2.52. The Bertz CT molecular complexity index is 574. The first-order valence-electron chi connectivity index (χ1n) is 7.79. The van der Waals surface area contributed by atoms with Crippen LogP contribution >= 0.6 is 0 Å². The molecule has 0 bridgehead atoms. The van der Waals surface area contributed by atoms with Gasteiger partial charge in [-0.25, -0.2) is 0 Å². The summed E-state index contributed by atoms with van der Waals surface area (Å²) in [6.07, 6.45) is 0.799. The smallest absolute Gasteiger partial charge is 0.254 e. The zero-order chi connectivity index (χ0) is 16.8. The number of nitrogens with one attached hydrogen (secondary N) is 1. The third kappa shape index (κ3) is 4.77. The molecule has 0 saturated carbocycles. The summed E-state index contributed by atoms with van der Waals surface area (Å²) in [6, 6.07) is 5.34. The van der Waals surface area contributed by atoms with Gasteiger partial charge in [0.1, 0.15) is 0 Å². The molecule has 6 nitrogen and oxygen atoms in total. The summed E-state index contributed by atoms with van der Waals surface area (Å²) in [5.74, 6) is -0.125. The van der Waals surface area contributed by atoms with E-state index in [1.807, 2.05) is 17.9 Å². The van der Waals surface area contributed by atoms with Crippen LogP contribution in [0.2, 0.25) is 0 Å². The van der Waals surface area contributed by atoms with Crippen LogP contribution in [-0.4, -0.2) is 56.2 Å². The SMILES string of the molecule is COCC[C@H]1CN(C(=O)c2ccc(NC(C)=O)cc2C)CCO1. The van der Waals surface area contributed by atoms with E-state index in [0.717, 1.165) is 12.0 Å². The van der Waals surface area contributed by atoms with Crippen LogP contribution in [0.5, 0.6) is 0 Å². The maximum atomic E-state index is 12.7. The highest BCUT2D eigenvalue weighted by Gasteiger charge is 2.25. The van der Waals surface area contributed by atoms with Crippen LogP contribution in [0.1, 0.15) is 29.3 Å². The van der Waals surface area contributed by atoms with Crippen molar-refractivity contribution in [2.24, 2.45) is 0 Å². The Morgan fingerprint density at radius 3 is 2.87 bits per heavy atom. The van der Waals surface area contributed by atoms with E-state index in [2.05, 4.69) is 5.32 Å². The van der Waals surface area contributed by atoms with Crippen molar-refractivity contribution in [1.29, 1.82) is 0 Å². The van der Waals surface area contributed by atoms with Gasteiger partial charge < -0.3 is 19.7 Å². The number of nitrogens with zero attached hydrogens (tertiary/aromatic N) is 1. The van der Waals surface area contributed by atoms with E-state index in [1.165, 1.54) is 6.92 Å². The van der Waals surface area contributed by atoms with Gasteiger partial charge in [-0.15, -0.1) is 0 Å². The molecule has 1 N–H and O–H groups in total. The highest BCUT2D eigenvalue weighted by Crippen LogP contribution is 2.19. The Hall–Kier alpha value is -1.92. The van der Waals surface area contributed by atoms with E-state index in [9.17, 15) is 9.59 Å². The Morgan fingerprint density at radius 2 is 2.22 bits per heavy atom. The lowest BCUT2D eigenvalue weighted by molar-refractivity contribution is -0.114. The van der Waals surface area contributed by atoms with Crippen molar-refractivity contribution in [3.63, 3.8) is 0 Å². The summed E-state index contributed by atoms with van der Waals surface area (Å²) in [5, 5.41) is 2.72. The van der Waals surface area contributed by atoms with Crippen molar-refractivity contribution >= 4 is 17.5 Å². The Balaban J connectivity index is 2.05. The van der Waals surface area contributed by atoms with Gasteiger partial charge in [-0.1, -0.05) is 0 Å². The van der Waals surface area contributed by atoms with Crippen LogP contribution in [0.25, 0.3) is 0 Å². The van der Waals surface area contributed by atoms with Gasteiger partial charge in [-0.3, -0.25) is 9.59 Å². The third-order valence-corrected chi connectivity index (χ3v) is 3.85. The number of benzene rings is 1. The number of ether oxygens (including phenoxy) is 2. The Labute approximate surface area is 136 Å². The van der Waals surface area contributed by atoms with E-state index < -0.39 is 0 Å². The molecule has 1 saturated heterocycles. The fourth-order valence-corrected chi connectivity index (χ4v) is 2.68. The zero-order valence-corrected chi connectivity index (χ0v) is 13.9.